The van der Waals surface area contributed by atoms with Gasteiger partial charge in [0.25, 0.3) is 0 Å². The molecule has 0 spiro atoms. The zero-order valence-corrected chi connectivity index (χ0v) is 16.0. The maximum absolute atomic E-state index is 4.69. The van der Waals surface area contributed by atoms with E-state index in [2.05, 4.69) is 63.8 Å². The van der Waals surface area contributed by atoms with Crippen LogP contribution in [0.15, 0.2) is 41.4 Å². The molecule has 0 bridgehead atoms. The molecule has 2 aromatic heterocycles. The molecule has 1 unspecified atom stereocenters. The van der Waals surface area contributed by atoms with Crippen molar-refractivity contribution in [3.8, 4) is 0 Å². The Morgan fingerprint density at radius 3 is 2.72 bits per heavy atom. The molecule has 0 saturated heterocycles. The van der Waals surface area contributed by atoms with Gasteiger partial charge in [0.15, 0.2) is 0 Å². The van der Waals surface area contributed by atoms with Crippen molar-refractivity contribution in [3.05, 3.63) is 47.9 Å². The molecule has 1 aromatic carbocycles. The number of fused-ring (bicyclic) bond motifs is 3. The number of aryl methyl sites for hydroxylation is 1. The van der Waals surface area contributed by atoms with Gasteiger partial charge in [0, 0.05) is 46.5 Å². The number of rotatable bonds is 3. The topological polar surface area (TPSA) is 34.0 Å². The minimum Gasteiger partial charge on any atom is -0.341 e. The van der Waals surface area contributed by atoms with Gasteiger partial charge in [-0.2, -0.15) is 0 Å². The van der Waals surface area contributed by atoms with Gasteiger partial charge in [-0.1, -0.05) is 19.9 Å². The summed E-state index contributed by atoms with van der Waals surface area (Å²) in [5.41, 5.74) is 3.74. The number of hydrogen-bond donors (Lipinski definition) is 0. The van der Waals surface area contributed by atoms with Crippen LogP contribution < -0.4 is 4.90 Å². The Morgan fingerprint density at radius 1 is 1.16 bits per heavy atom. The highest BCUT2D eigenvalue weighted by Gasteiger charge is 2.32. The summed E-state index contributed by atoms with van der Waals surface area (Å²) in [7, 11) is 0. The van der Waals surface area contributed by atoms with Crippen LogP contribution in [-0.4, -0.2) is 27.3 Å². The first kappa shape index (κ1) is 16.5. The second-order valence-electron chi connectivity index (χ2n) is 7.03. The van der Waals surface area contributed by atoms with Crippen LogP contribution >= 0.6 is 11.8 Å². The smallest absolute Gasteiger partial charge is 0.226 e. The lowest BCUT2D eigenvalue weighted by molar-refractivity contribution is 0.397. The van der Waals surface area contributed by atoms with Crippen molar-refractivity contribution in [2.24, 2.45) is 5.92 Å². The molecule has 1 atom stereocenters. The summed E-state index contributed by atoms with van der Waals surface area (Å²) >= 11 is 1.80. The molecule has 1 aliphatic rings. The van der Waals surface area contributed by atoms with Crippen molar-refractivity contribution >= 4 is 28.6 Å². The third-order valence-electron chi connectivity index (χ3n) is 5.02. The third kappa shape index (κ3) is 2.80. The van der Waals surface area contributed by atoms with Crippen molar-refractivity contribution in [1.82, 2.24) is 14.5 Å². The SMILES string of the molecule is CSc1ccc2cc3n(c2c1)CCN(c1nccc(C)n1)C3C(C)C. The fourth-order valence-corrected chi connectivity index (χ4v) is 4.32. The second-order valence-corrected chi connectivity index (χ2v) is 7.91. The van der Waals surface area contributed by atoms with Gasteiger partial charge >= 0.3 is 0 Å². The van der Waals surface area contributed by atoms with Gasteiger partial charge in [-0.25, -0.2) is 9.97 Å². The van der Waals surface area contributed by atoms with Gasteiger partial charge < -0.3 is 9.47 Å². The van der Waals surface area contributed by atoms with E-state index >= 15 is 0 Å². The largest absolute Gasteiger partial charge is 0.341 e. The fraction of sp³-hybridized carbons (Fsp3) is 0.400. The maximum atomic E-state index is 4.69. The molecule has 4 rings (SSSR count). The number of benzene rings is 1. The summed E-state index contributed by atoms with van der Waals surface area (Å²) in [5.74, 6) is 1.33. The summed E-state index contributed by atoms with van der Waals surface area (Å²) < 4.78 is 2.49. The van der Waals surface area contributed by atoms with Crippen molar-refractivity contribution in [3.63, 3.8) is 0 Å². The van der Waals surface area contributed by atoms with Crippen LogP contribution in [0.2, 0.25) is 0 Å². The van der Waals surface area contributed by atoms with Gasteiger partial charge in [-0.3, -0.25) is 0 Å². The van der Waals surface area contributed by atoms with Crippen LogP contribution in [0, 0.1) is 12.8 Å². The molecule has 0 radical (unpaired) electrons. The highest BCUT2D eigenvalue weighted by molar-refractivity contribution is 7.98. The minimum absolute atomic E-state index is 0.292. The van der Waals surface area contributed by atoms with E-state index in [1.54, 1.807) is 11.8 Å². The number of thioether (sulfide) groups is 1. The molecule has 25 heavy (non-hydrogen) atoms. The molecule has 0 aliphatic carbocycles. The Kier molecular flexibility index (Phi) is 4.20. The molecule has 3 heterocycles. The van der Waals surface area contributed by atoms with Gasteiger partial charge in [0.05, 0.1) is 6.04 Å². The fourth-order valence-electron chi connectivity index (χ4n) is 3.88. The quantitative estimate of drug-likeness (QED) is 0.641. The molecule has 0 amide bonds. The van der Waals surface area contributed by atoms with E-state index in [-0.39, 0.29) is 0 Å². The van der Waals surface area contributed by atoms with Gasteiger partial charge in [0.1, 0.15) is 0 Å². The average Bonchev–Trinajstić information content (AvgIpc) is 2.98. The van der Waals surface area contributed by atoms with E-state index < -0.39 is 0 Å². The molecular formula is C20H24N4S. The maximum Gasteiger partial charge on any atom is 0.226 e. The summed E-state index contributed by atoms with van der Waals surface area (Å²) in [6, 6.07) is 11.4. The summed E-state index contributed by atoms with van der Waals surface area (Å²) in [5, 5.41) is 1.32. The van der Waals surface area contributed by atoms with E-state index in [9.17, 15) is 0 Å². The van der Waals surface area contributed by atoms with Crippen molar-refractivity contribution in [2.75, 3.05) is 17.7 Å². The Bertz CT molecular complexity index is 915. The van der Waals surface area contributed by atoms with E-state index in [0.717, 1.165) is 24.7 Å². The first-order valence-corrected chi connectivity index (χ1v) is 10.0. The first-order chi connectivity index (χ1) is 12.1. The molecule has 4 nitrogen and oxygen atoms in total. The van der Waals surface area contributed by atoms with Crippen molar-refractivity contribution in [1.29, 1.82) is 0 Å². The molecule has 0 N–H and O–H groups in total. The number of hydrogen-bond acceptors (Lipinski definition) is 4. The zero-order valence-electron chi connectivity index (χ0n) is 15.2. The molecule has 1 aliphatic heterocycles. The predicted octanol–water partition coefficient (Wildman–Crippen LogP) is 4.68. The van der Waals surface area contributed by atoms with Crippen LogP contribution in [0.3, 0.4) is 0 Å². The number of anilines is 1. The van der Waals surface area contributed by atoms with Crippen LogP contribution in [0.5, 0.6) is 0 Å². The van der Waals surface area contributed by atoms with Gasteiger partial charge in [-0.15, -0.1) is 11.8 Å². The Balaban J connectivity index is 1.84. The van der Waals surface area contributed by atoms with E-state index in [1.807, 2.05) is 19.2 Å². The lowest BCUT2D eigenvalue weighted by Gasteiger charge is -2.39. The van der Waals surface area contributed by atoms with Crippen molar-refractivity contribution in [2.45, 2.75) is 38.3 Å². The van der Waals surface area contributed by atoms with Crippen LogP contribution in [-0.2, 0) is 6.54 Å². The molecule has 5 heteroatoms. The van der Waals surface area contributed by atoms with Crippen molar-refractivity contribution < 1.29 is 0 Å². The number of nitrogens with zero attached hydrogens (tertiary/aromatic N) is 4. The van der Waals surface area contributed by atoms with Crippen LogP contribution in [0.4, 0.5) is 5.95 Å². The molecule has 0 saturated carbocycles. The standard InChI is InChI=1S/C20H24N4S/c1-13(2)19-18-11-15-5-6-16(25-4)12-17(15)23(18)9-10-24(19)20-21-8-7-14(3)22-20/h5-8,11-13,19H,9-10H2,1-4H3. The lowest BCUT2D eigenvalue weighted by Crippen LogP contribution is -2.41. The Labute approximate surface area is 153 Å². The zero-order chi connectivity index (χ0) is 17.6. The highest BCUT2D eigenvalue weighted by Crippen LogP contribution is 2.38. The van der Waals surface area contributed by atoms with Gasteiger partial charge in [0.2, 0.25) is 5.95 Å². The monoisotopic (exact) mass is 352 g/mol. The molecule has 0 fully saturated rings. The Morgan fingerprint density at radius 2 is 2.00 bits per heavy atom. The summed E-state index contributed by atoms with van der Waals surface area (Å²) in [4.78, 5) is 12.9. The van der Waals surface area contributed by atoms with Gasteiger partial charge in [-0.05, 0) is 43.4 Å². The molecule has 3 aromatic rings. The molecular weight excluding hydrogens is 328 g/mol. The summed E-state index contributed by atoms with van der Waals surface area (Å²) in [6.07, 6.45) is 4.00. The summed E-state index contributed by atoms with van der Waals surface area (Å²) in [6.45, 7) is 8.51. The van der Waals surface area contributed by atoms with E-state index in [0.29, 0.717) is 12.0 Å². The normalized spacial score (nSPS) is 17.3. The highest BCUT2D eigenvalue weighted by atomic mass is 32.2. The third-order valence-corrected chi connectivity index (χ3v) is 5.74. The van der Waals surface area contributed by atoms with Crippen LogP contribution in [0.25, 0.3) is 10.9 Å². The minimum atomic E-state index is 0.292. The number of aromatic nitrogens is 3. The van der Waals surface area contributed by atoms with E-state index in [4.69, 9.17) is 0 Å². The molecule has 130 valence electrons. The predicted molar refractivity (Wildman–Crippen MR) is 105 cm³/mol. The second kappa shape index (κ2) is 6.37. The first-order valence-electron chi connectivity index (χ1n) is 8.82. The lowest BCUT2D eigenvalue weighted by atomic mass is 9.97. The average molecular weight is 353 g/mol. The van der Waals surface area contributed by atoms with Crippen LogP contribution in [0.1, 0.15) is 31.3 Å². The van der Waals surface area contributed by atoms with E-state index in [1.165, 1.54) is 21.5 Å². The Hall–Kier alpha value is -2.01.